The van der Waals surface area contributed by atoms with Gasteiger partial charge in [-0.05, 0) is 32.4 Å². The first-order valence-electron chi connectivity index (χ1n) is 9.05. The van der Waals surface area contributed by atoms with Crippen molar-refractivity contribution in [1.82, 2.24) is 24.8 Å². The molecule has 0 saturated heterocycles. The summed E-state index contributed by atoms with van der Waals surface area (Å²) >= 11 is 0. The summed E-state index contributed by atoms with van der Waals surface area (Å²) in [7, 11) is 3.53. The molecule has 26 heavy (non-hydrogen) atoms. The second-order valence-corrected chi connectivity index (χ2v) is 6.81. The fourth-order valence-corrected chi connectivity index (χ4v) is 3.07. The van der Waals surface area contributed by atoms with E-state index < -0.39 is 11.2 Å². The van der Waals surface area contributed by atoms with E-state index in [-0.39, 0.29) is 11.3 Å². The number of nitrogens with one attached hydrogen (secondary N) is 2. The zero-order valence-corrected chi connectivity index (χ0v) is 15.5. The number of hydrogen-bond acceptors (Lipinski definition) is 5. The van der Waals surface area contributed by atoms with E-state index in [1.165, 1.54) is 4.57 Å². The Labute approximate surface area is 151 Å². The molecule has 140 valence electrons. The minimum Gasteiger partial charge on any atom is -0.340 e. The first kappa shape index (κ1) is 18.3. The number of pyridine rings is 1. The quantitative estimate of drug-likeness (QED) is 0.757. The van der Waals surface area contributed by atoms with E-state index in [0.717, 1.165) is 25.0 Å². The molecule has 2 heterocycles. The van der Waals surface area contributed by atoms with Crippen LogP contribution in [0.2, 0.25) is 0 Å². The topological polar surface area (TPSA) is 100 Å². The average molecular weight is 359 g/mol. The molecule has 3 rings (SSSR count). The SMILES string of the molecule is CCCn1c(=O)[nH]c(=O)c2c(C(=O)N(C)CCNC)cc(C3CC3)nc21. The van der Waals surface area contributed by atoms with Crippen LogP contribution in [-0.4, -0.2) is 52.5 Å². The molecule has 0 unspecified atom stereocenters. The van der Waals surface area contributed by atoms with Crippen molar-refractivity contribution in [3.8, 4) is 0 Å². The lowest BCUT2D eigenvalue weighted by molar-refractivity contribution is 0.0798. The Hall–Kier alpha value is -2.48. The van der Waals surface area contributed by atoms with Crippen molar-refractivity contribution in [2.45, 2.75) is 38.6 Å². The molecule has 2 aromatic rings. The molecular formula is C18H25N5O3. The molecule has 2 N–H and O–H groups in total. The summed E-state index contributed by atoms with van der Waals surface area (Å²) in [5.41, 5.74) is 0.388. The van der Waals surface area contributed by atoms with Crippen LogP contribution >= 0.6 is 0 Å². The van der Waals surface area contributed by atoms with Crippen LogP contribution in [0.25, 0.3) is 11.0 Å². The number of aromatic amines is 1. The number of carbonyl (C=O) groups excluding carboxylic acids is 1. The normalized spacial score (nSPS) is 14.0. The summed E-state index contributed by atoms with van der Waals surface area (Å²) < 4.78 is 1.47. The summed E-state index contributed by atoms with van der Waals surface area (Å²) in [6.07, 6.45) is 2.76. The number of hydrogen-bond donors (Lipinski definition) is 2. The molecule has 0 bridgehead atoms. The minimum absolute atomic E-state index is 0.198. The number of rotatable bonds is 7. The van der Waals surface area contributed by atoms with Crippen LogP contribution in [0.3, 0.4) is 0 Å². The van der Waals surface area contributed by atoms with Gasteiger partial charge in [-0.15, -0.1) is 0 Å². The number of carbonyl (C=O) groups is 1. The van der Waals surface area contributed by atoms with Gasteiger partial charge in [-0.2, -0.15) is 0 Å². The maximum Gasteiger partial charge on any atom is 0.329 e. The highest BCUT2D eigenvalue weighted by atomic mass is 16.2. The third kappa shape index (κ3) is 3.41. The van der Waals surface area contributed by atoms with Crippen molar-refractivity contribution in [2.75, 3.05) is 27.2 Å². The molecule has 0 atom stereocenters. The molecule has 0 radical (unpaired) electrons. The van der Waals surface area contributed by atoms with Gasteiger partial charge in [-0.25, -0.2) is 9.78 Å². The standard InChI is InChI=1S/C18H25N5O3/c1-4-8-23-15-14(16(24)21-18(23)26)12(10-13(20-15)11-5-6-11)17(25)22(3)9-7-19-2/h10-11,19H,4-9H2,1-3H3,(H,21,24,26). The van der Waals surface area contributed by atoms with E-state index in [4.69, 9.17) is 0 Å². The third-order valence-electron chi connectivity index (χ3n) is 4.69. The maximum atomic E-state index is 13.0. The molecular weight excluding hydrogens is 334 g/mol. The van der Waals surface area contributed by atoms with Gasteiger partial charge in [-0.3, -0.25) is 19.1 Å². The zero-order valence-electron chi connectivity index (χ0n) is 15.5. The molecule has 0 spiro atoms. The number of aromatic nitrogens is 3. The molecule has 1 amide bonds. The van der Waals surface area contributed by atoms with Crippen LogP contribution in [-0.2, 0) is 6.54 Å². The van der Waals surface area contributed by atoms with Crippen molar-refractivity contribution in [3.05, 3.63) is 38.2 Å². The van der Waals surface area contributed by atoms with Crippen LogP contribution < -0.4 is 16.6 Å². The van der Waals surface area contributed by atoms with Gasteiger partial charge in [0.15, 0.2) is 5.65 Å². The van der Waals surface area contributed by atoms with E-state index in [1.54, 1.807) is 18.0 Å². The smallest absolute Gasteiger partial charge is 0.329 e. The second-order valence-electron chi connectivity index (χ2n) is 6.81. The van der Waals surface area contributed by atoms with Crippen LogP contribution in [0.1, 0.15) is 48.2 Å². The number of aryl methyl sites for hydroxylation is 1. The lowest BCUT2D eigenvalue weighted by Crippen LogP contribution is -2.36. The van der Waals surface area contributed by atoms with Gasteiger partial charge < -0.3 is 10.2 Å². The number of amides is 1. The highest BCUT2D eigenvalue weighted by molar-refractivity contribution is 6.05. The van der Waals surface area contributed by atoms with Crippen LogP contribution in [0.4, 0.5) is 0 Å². The zero-order chi connectivity index (χ0) is 18.8. The van der Waals surface area contributed by atoms with Crippen molar-refractivity contribution >= 4 is 16.9 Å². The fraction of sp³-hybridized carbons (Fsp3) is 0.556. The van der Waals surface area contributed by atoms with Gasteiger partial charge in [0.2, 0.25) is 0 Å². The third-order valence-corrected chi connectivity index (χ3v) is 4.69. The molecule has 0 aromatic carbocycles. The van der Waals surface area contributed by atoms with Crippen LogP contribution in [0.5, 0.6) is 0 Å². The first-order valence-corrected chi connectivity index (χ1v) is 9.05. The van der Waals surface area contributed by atoms with Crippen molar-refractivity contribution < 1.29 is 4.79 Å². The number of H-pyrrole nitrogens is 1. The predicted molar refractivity (Wildman–Crippen MR) is 99.8 cm³/mol. The number of likely N-dealkylation sites (N-methyl/N-ethyl adjacent to an activating group) is 2. The van der Waals surface area contributed by atoms with E-state index in [2.05, 4.69) is 15.3 Å². The van der Waals surface area contributed by atoms with Gasteiger partial charge in [-0.1, -0.05) is 6.92 Å². The van der Waals surface area contributed by atoms with Gasteiger partial charge in [0.1, 0.15) is 0 Å². The van der Waals surface area contributed by atoms with E-state index >= 15 is 0 Å². The lowest BCUT2D eigenvalue weighted by Gasteiger charge is -2.19. The number of nitrogens with zero attached hydrogens (tertiary/aromatic N) is 3. The minimum atomic E-state index is -0.558. The highest BCUT2D eigenvalue weighted by Crippen LogP contribution is 2.40. The number of fused-ring (bicyclic) bond motifs is 1. The summed E-state index contributed by atoms with van der Waals surface area (Å²) in [4.78, 5) is 46.3. The largest absolute Gasteiger partial charge is 0.340 e. The van der Waals surface area contributed by atoms with Crippen molar-refractivity contribution in [1.29, 1.82) is 0 Å². The summed E-state index contributed by atoms with van der Waals surface area (Å²) in [6.45, 7) is 3.56. The van der Waals surface area contributed by atoms with E-state index in [1.807, 2.05) is 14.0 Å². The van der Waals surface area contributed by atoms with Gasteiger partial charge in [0, 0.05) is 38.3 Å². The Balaban J connectivity index is 2.24. The fourth-order valence-electron chi connectivity index (χ4n) is 3.07. The highest BCUT2D eigenvalue weighted by Gasteiger charge is 2.29. The molecule has 8 nitrogen and oxygen atoms in total. The Morgan fingerprint density at radius 3 is 2.77 bits per heavy atom. The average Bonchev–Trinajstić information content (AvgIpc) is 3.46. The first-order chi connectivity index (χ1) is 12.5. The van der Waals surface area contributed by atoms with E-state index in [9.17, 15) is 14.4 Å². The Morgan fingerprint density at radius 2 is 2.15 bits per heavy atom. The summed E-state index contributed by atoms with van der Waals surface area (Å²) in [5, 5.41) is 3.20. The molecule has 1 saturated carbocycles. The summed E-state index contributed by atoms with van der Waals surface area (Å²) in [5.74, 6) is 0.0692. The van der Waals surface area contributed by atoms with Gasteiger partial charge in [0.25, 0.3) is 11.5 Å². The van der Waals surface area contributed by atoms with Crippen LogP contribution in [0.15, 0.2) is 15.7 Å². The molecule has 2 aromatic heterocycles. The molecule has 1 aliphatic carbocycles. The maximum absolute atomic E-state index is 13.0. The van der Waals surface area contributed by atoms with Crippen molar-refractivity contribution in [3.63, 3.8) is 0 Å². The lowest BCUT2D eigenvalue weighted by atomic mass is 10.1. The molecule has 1 aliphatic rings. The molecule has 1 fully saturated rings. The second kappa shape index (κ2) is 7.41. The summed E-state index contributed by atoms with van der Waals surface area (Å²) in [6, 6.07) is 1.73. The molecule has 0 aliphatic heterocycles. The Morgan fingerprint density at radius 1 is 1.42 bits per heavy atom. The van der Waals surface area contributed by atoms with Gasteiger partial charge >= 0.3 is 5.69 Å². The Bertz CT molecular complexity index is 942. The molecule has 8 heteroatoms. The van der Waals surface area contributed by atoms with Crippen molar-refractivity contribution in [2.24, 2.45) is 0 Å². The van der Waals surface area contributed by atoms with Crippen LogP contribution in [0, 0.1) is 0 Å². The monoisotopic (exact) mass is 359 g/mol. The predicted octanol–water partition coefficient (Wildman–Crippen LogP) is 0.664. The van der Waals surface area contributed by atoms with Gasteiger partial charge in [0.05, 0.1) is 10.9 Å². The van der Waals surface area contributed by atoms with E-state index in [0.29, 0.717) is 36.8 Å². The Kier molecular flexibility index (Phi) is 5.22.